The number of carbonyl (C=O) groups excluding carboxylic acids is 2. The maximum Gasteiger partial charge on any atom is 0.321 e. The Morgan fingerprint density at radius 1 is 0.938 bits per heavy atom. The molecular formula is C24H30N4O4. The number of benzene rings is 2. The number of piperazine rings is 1. The summed E-state index contributed by atoms with van der Waals surface area (Å²) >= 11 is 0. The molecule has 1 heterocycles. The Morgan fingerprint density at radius 2 is 1.50 bits per heavy atom. The molecule has 8 heteroatoms. The average molecular weight is 439 g/mol. The molecule has 0 spiro atoms. The van der Waals surface area contributed by atoms with Crippen molar-refractivity contribution < 1.29 is 14.5 Å². The van der Waals surface area contributed by atoms with Crippen molar-refractivity contribution >= 4 is 23.3 Å². The van der Waals surface area contributed by atoms with Crippen molar-refractivity contribution in [2.24, 2.45) is 5.92 Å². The quantitative estimate of drug-likeness (QED) is 0.538. The molecule has 0 aromatic heterocycles. The molecule has 1 saturated heterocycles. The standard InChI is InChI=1S/C24H30N4O4/c1-17(2)16-19-4-6-20(7-5-19)18(3)23(29)26-12-14-27(15-13-26)24(30)25-21-8-10-22(11-9-21)28(31)32/h4-11,17-18H,12-16H2,1-3H3,(H,25,30). The first-order chi connectivity index (χ1) is 15.2. The summed E-state index contributed by atoms with van der Waals surface area (Å²) in [5, 5.41) is 13.5. The monoisotopic (exact) mass is 438 g/mol. The van der Waals surface area contributed by atoms with Crippen LogP contribution in [-0.2, 0) is 11.2 Å². The van der Waals surface area contributed by atoms with Crippen molar-refractivity contribution in [3.63, 3.8) is 0 Å². The summed E-state index contributed by atoms with van der Waals surface area (Å²) in [7, 11) is 0. The fourth-order valence-electron chi connectivity index (χ4n) is 3.83. The minimum absolute atomic E-state index is 0.0289. The molecular weight excluding hydrogens is 408 g/mol. The largest absolute Gasteiger partial charge is 0.339 e. The van der Waals surface area contributed by atoms with E-state index in [1.165, 1.54) is 29.8 Å². The lowest BCUT2D eigenvalue weighted by Gasteiger charge is -2.36. The third kappa shape index (κ3) is 5.84. The zero-order chi connectivity index (χ0) is 23.3. The molecule has 3 amide bonds. The van der Waals surface area contributed by atoms with Gasteiger partial charge in [-0.2, -0.15) is 0 Å². The van der Waals surface area contributed by atoms with Gasteiger partial charge in [0.2, 0.25) is 5.91 Å². The van der Waals surface area contributed by atoms with Crippen LogP contribution in [0.5, 0.6) is 0 Å². The van der Waals surface area contributed by atoms with Gasteiger partial charge < -0.3 is 15.1 Å². The van der Waals surface area contributed by atoms with Crippen molar-refractivity contribution in [2.45, 2.75) is 33.1 Å². The van der Waals surface area contributed by atoms with E-state index in [4.69, 9.17) is 0 Å². The van der Waals surface area contributed by atoms with Crippen LogP contribution in [0.3, 0.4) is 0 Å². The van der Waals surface area contributed by atoms with Gasteiger partial charge in [0.1, 0.15) is 0 Å². The van der Waals surface area contributed by atoms with Crippen LogP contribution in [0.25, 0.3) is 0 Å². The molecule has 1 aliphatic heterocycles. The SMILES string of the molecule is CC(C)Cc1ccc(C(C)C(=O)N2CCN(C(=O)Nc3ccc([N+](=O)[O-])cc3)CC2)cc1. The van der Waals surface area contributed by atoms with Crippen LogP contribution in [0.4, 0.5) is 16.2 Å². The van der Waals surface area contributed by atoms with Crippen molar-refractivity contribution in [1.29, 1.82) is 0 Å². The molecule has 1 fully saturated rings. The number of anilines is 1. The van der Waals surface area contributed by atoms with Crippen LogP contribution in [0, 0.1) is 16.0 Å². The van der Waals surface area contributed by atoms with Gasteiger partial charge in [-0.05, 0) is 42.5 Å². The summed E-state index contributed by atoms with van der Waals surface area (Å²) < 4.78 is 0. The highest BCUT2D eigenvalue weighted by atomic mass is 16.6. The van der Waals surface area contributed by atoms with Gasteiger partial charge in [0, 0.05) is 44.0 Å². The van der Waals surface area contributed by atoms with Gasteiger partial charge in [0.15, 0.2) is 0 Å². The second-order valence-electron chi connectivity index (χ2n) is 8.61. The summed E-state index contributed by atoms with van der Waals surface area (Å²) in [6, 6.07) is 13.7. The van der Waals surface area contributed by atoms with Crippen LogP contribution in [-0.4, -0.2) is 52.8 Å². The summed E-state index contributed by atoms with van der Waals surface area (Å²) in [6.07, 6.45) is 1.02. The van der Waals surface area contributed by atoms with E-state index in [1.54, 1.807) is 4.90 Å². The smallest absolute Gasteiger partial charge is 0.321 e. The van der Waals surface area contributed by atoms with Crippen LogP contribution in [0.15, 0.2) is 48.5 Å². The molecule has 0 saturated carbocycles. The van der Waals surface area contributed by atoms with E-state index in [2.05, 4.69) is 31.3 Å². The van der Waals surface area contributed by atoms with Crippen LogP contribution < -0.4 is 5.32 Å². The third-order valence-corrected chi connectivity index (χ3v) is 5.70. The molecule has 0 radical (unpaired) electrons. The van der Waals surface area contributed by atoms with Crippen LogP contribution in [0.1, 0.15) is 37.8 Å². The molecule has 1 atom stereocenters. The minimum Gasteiger partial charge on any atom is -0.339 e. The molecule has 0 aliphatic carbocycles. The molecule has 0 bridgehead atoms. The summed E-state index contributed by atoms with van der Waals surface area (Å²) in [5.74, 6) is 0.425. The molecule has 1 N–H and O–H groups in total. The fourth-order valence-corrected chi connectivity index (χ4v) is 3.83. The second-order valence-corrected chi connectivity index (χ2v) is 8.61. The fraction of sp³-hybridized carbons (Fsp3) is 0.417. The number of rotatable bonds is 6. The first-order valence-electron chi connectivity index (χ1n) is 10.9. The molecule has 2 aromatic carbocycles. The predicted molar refractivity (Wildman–Crippen MR) is 124 cm³/mol. The Kier molecular flexibility index (Phi) is 7.45. The number of non-ortho nitro benzene ring substituents is 1. The number of hydrogen-bond donors (Lipinski definition) is 1. The number of nitro groups is 1. The molecule has 2 aromatic rings. The van der Waals surface area contributed by atoms with Gasteiger partial charge >= 0.3 is 6.03 Å². The van der Waals surface area contributed by atoms with Crippen LogP contribution >= 0.6 is 0 Å². The Morgan fingerprint density at radius 3 is 2.03 bits per heavy atom. The Balaban J connectivity index is 1.51. The van der Waals surface area contributed by atoms with Gasteiger partial charge in [-0.3, -0.25) is 14.9 Å². The van der Waals surface area contributed by atoms with Gasteiger partial charge in [0.05, 0.1) is 10.8 Å². The predicted octanol–water partition coefficient (Wildman–Crippen LogP) is 4.27. The first-order valence-corrected chi connectivity index (χ1v) is 10.9. The molecule has 170 valence electrons. The maximum absolute atomic E-state index is 13.0. The molecule has 3 rings (SSSR count). The van der Waals surface area contributed by atoms with Gasteiger partial charge in [-0.1, -0.05) is 38.1 Å². The van der Waals surface area contributed by atoms with Gasteiger partial charge in [-0.25, -0.2) is 4.79 Å². The number of amides is 3. The first kappa shape index (κ1) is 23.2. The number of carbonyl (C=O) groups is 2. The lowest BCUT2D eigenvalue weighted by Crippen LogP contribution is -2.52. The lowest BCUT2D eigenvalue weighted by molar-refractivity contribution is -0.384. The normalized spacial score (nSPS) is 14.9. The topological polar surface area (TPSA) is 95.8 Å². The summed E-state index contributed by atoms with van der Waals surface area (Å²) in [6.45, 7) is 8.12. The van der Waals surface area contributed by atoms with Crippen molar-refractivity contribution in [1.82, 2.24) is 9.80 Å². The van der Waals surface area contributed by atoms with Crippen LogP contribution in [0.2, 0.25) is 0 Å². The van der Waals surface area contributed by atoms with E-state index in [9.17, 15) is 19.7 Å². The summed E-state index contributed by atoms with van der Waals surface area (Å²) in [4.78, 5) is 39.2. The highest BCUT2D eigenvalue weighted by molar-refractivity contribution is 5.90. The number of urea groups is 1. The van der Waals surface area contributed by atoms with E-state index < -0.39 is 4.92 Å². The van der Waals surface area contributed by atoms with Crippen molar-refractivity contribution in [3.8, 4) is 0 Å². The number of nitrogens with one attached hydrogen (secondary N) is 1. The number of hydrogen-bond acceptors (Lipinski definition) is 4. The van der Waals surface area contributed by atoms with Gasteiger partial charge in [0.25, 0.3) is 5.69 Å². The lowest BCUT2D eigenvalue weighted by atomic mass is 9.95. The molecule has 8 nitrogen and oxygen atoms in total. The molecule has 1 aliphatic rings. The molecule has 32 heavy (non-hydrogen) atoms. The van der Waals surface area contributed by atoms with Crippen molar-refractivity contribution in [3.05, 3.63) is 69.8 Å². The Bertz CT molecular complexity index is 949. The van der Waals surface area contributed by atoms with E-state index in [-0.39, 0.29) is 23.5 Å². The molecule has 1 unspecified atom stereocenters. The van der Waals surface area contributed by atoms with Gasteiger partial charge in [-0.15, -0.1) is 0 Å². The second kappa shape index (κ2) is 10.3. The van der Waals surface area contributed by atoms with E-state index in [1.807, 2.05) is 24.0 Å². The van der Waals surface area contributed by atoms with E-state index in [0.29, 0.717) is 37.8 Å². The number of nitro benzene ring substituents is 1. The van der Waals surface area contributed by atoms with E-state index in [0.717, 1.165) is 12.0 Å². The highest BCUT2D eigenvalue weighted by Crippen LogP contribution is 2.21. The summed E-state index contributed by atoms with van der Waals surface area (Å²) in [5.41, 5.74) is 2.74. The zero-order valence-corrected chi connectivity index (χ0v) is 18.8. The van der Waals surface area contributed by atoms with E-state index >= 15 is 0 Å². The highest BCUT2D eigenvalue weighted by Gasteiger charge is 2.27. The Labute approximate surface area is 188 Å². The van der Waals surface area contributed by atoms with Crippen molar-refractivity contribution in [2.75, 3.05) is 31.5 Å². The maximum atomic E-state index is 13.0. The Hall–Kier alpha value is -3.42. The number of nitrogens with zero attached hydrogens (tertiary/aromatic N) is 3. The average Bonchev–Trinajstić information content (AvgIpc) is 2.78. The third-order valence-electron chi connectivity index (χ3n) is 5.70. The zero-order valence-electron chi connectivity index (χ0n) is 18.8. The minimum atomic E-state index is -0.483.